The molecule has 0 saturated heterocycles. The highest BCUT2D eigenvalue weighted by Gasteiger charge is 2.24. The summed E-state index contributed by atoms with van der Waals surface area (Å²) < 4.78 is 25.1. The zero-order chi connectivity index (χ0) is 8.74. The maximum atomic E-state index is 12.6. The van der Waals surface area contributed by atoms with Crippen molar-refractivity contribution in [3.8, 4) is 0 Å². The third kappa shape index (κ3) is 6.27. The van der Waals surface area contributed by atoms with E-state index in [0.717, 1.165) is 19.3 Å². The molecular weight excluding hydrogens is 146 g/mol. The Hall–Kier alpha value is -0.140. The summed E-state index contributed by atoms with van der Waals surface area (Å²) in [5.41, 5.74) is 0. The van der Waals surface area contributed by atoms with Crippen molar-refractivity contribution in [2.45, 2.75) is 51.4 Å². The second kappa shape index (κ2) is 5.50. The van der Waals surface area contributed by atoms with E-state index >= 15 is 0 Å². The van der Waals surface area contributed by atoms with Gasteiger partial charge >= 0.3 is 0 Å². The van der Waals surface area contributed by atoms with Crippen LogP contribution in [0, 0.1) is 6.92 Å². The van der Waals surface area contributed by atoms with Gasteiger partial charge in [-0.15, -0.1) is 0 Å². The van der Waals surface area contributed by atoms with Crippen molar-refractivity contribution in [3.05, 3.63) is 6.92 Å². The molecule has 11 heavy (non-hydrogen) atoms. The molecule has 2 heteroatoms. The van der Waals surface area contributed by atoms with E-state index in [2.05, 4.69) is 6.92 Å². The molecule has 0 N–H and O–H groups in total. The number of halogens is 2. The van der Waals surface area contributed by atoms with Crippen molar-refractivity contribution in [1.29, 1.82) is 0 Å². The molecule has 0 amide bonds. The summed E-state index contributed by atoms with van der Waals surface area (Å²) in [6.45, 7) is 5.18. The van der Waals surface area contributed by atoms with Gasteiger partial charge in [-0.3, -0.25) is 0 Å². The highest BCUT2D eigenvalue weighted by Crippen LogP contribution is 2.24. The van der Waals surface area contributed by atoms with Gasteiger partial charge in [0.15, 0.2) is 0 Å². The van der Waals surface area contributed by atoms with Gasteiger partial charge in [-0.25, -0.2) is 8.78 Å². The Bertz CT molecular complexity index is 89.6. The summed E-state index contributed by atoms with van der Waals surface area (Å²) in [6, 6.07) is 0. The van der Waals surface area contributed by atoms with Gasteiger partial charge in [-0.05, 0) is 6.42 Å². The quantitative estimate of drug-likeness (QED) is 0.522. The fraction of sp³-hybridized carbons (Fsp3) is 0.889. The summed E-state index contributed by atoms with van der Waals surface area (Å²) in [6.07, 6.45) is 3.37. The van der Waals surface area contributed by atoms with E-state index in [1.54, 1.807) is 0 Å². The van der Waals surface area contributed by atoms with Crippen LogP contribution in [0.1, 0.15) is 45.4 Å². The van der Waals surface area contributed by atoms with Crippen LogP contribution in [0.25, 0.3) is 0 Å². The van der Waals surface area contributed by atoms with Crippen LogP contribution in [-0.2, 0) is 0 Å². The SMILES string of the molecule is [CH2]CCCCCC(F)(F)CC. The maximum absolute atomic E-state index is 12.6. The van der Waals surface area contributed by atoms with E-state index in [-0.39, 0.29) is 12.8 Å². The average Bonchev–Trinajstić information content (AvgIpc) is 1.99. The lowest BCUT2D eigenvalue weighted by Crippen LogP contribution is -2.13. The average molecular weight is 163 g/mol. The third-order valence-corrected chi connectivity index (χ3v) is 1.81. The summed E-state index contributed by atoms with van der Waals surface area (Å²) in [5, 5.41) is 0. The summed E-state index contributed by atoms with van der Waals surface area (Å²) in [5.74, 6) is -2.43. The van der Waals surface area contributed by atoms with Crippen molar-refractivity contribution >= 4 is 0 Å². The van der Waals surface area contributed by atoms with Gasteiger partial charge in [0.25, 0.3) is 0 Å². The maximum Gasteiger partial charge on any atom is 0.247 e. The first kappa shape index (κ1) is 10.9. The van der Waals surface area contributed by atoms with Crippen molar-refractivity contribution in [2.24, 2.45) is 0 Å². The van der Waals surface area contributed by atoms with Crippen molar-refractivity contribution < 1.29 is 8.78 Å². The van der Waals surface area contributed by atoms with Gasteiger partial charge in [-0.1, -0.05) is 33.1 Å². The molecule has 0 nitrogen and oxygen atoms in total. The van der Waals surface area contributed by atoms with Crippen LogP contribution in [0.4, 0.5) is 8.78 Å². The molecule has 0 bridgehead atoms. The molecule has 0 aromatic heterocycles. The third-order valence-electron chi connectivity index (χ3n) is 1.81. The molecule has 0 spiro atoms. The minimum atomic E-state index is -2.43. The monoisotopic (exact) mass is 163 g/mol. The molecule has 0 aromatic carbocycles. The Morgan fingerprint density at radius 1 is 1.18 bits per heavy atom. The molecule has 0 aliphatic rings. The number of rotatable bonds is 6. The van der Waals surface area contributed by atoms with Crippen LogP contribution < -0.4 is 0 Å². The van der Waals surface area contributed by atoms with E-state index in [9.17, 15) is 8.78 Å². The zero-order valence-corrected chi connectivity index (χ0v) is 7.21. The van der Waals surface area contributed by atoms with Crippen LogP contribution in [-0.4, -0.2) is 5.92 Å². The molecule has 0 atom stereocenters. The predicted octanol–water partition coefficient (Wildman–Crippen LogP) is 3.82. The molecule has 0 aromatic rings. The van der Waals surface area contributed by atoms with Crippen LogP contribution in [0.15, 0.2) is 0 Å². The number of unbranched alkanes of at least 4 members (excludes halogenated alkanes) is 3. The lowest BCUT2D eigenvalue weighted by atomic mass is 10.1. The van der Waals surface area contributed by atoms with Gasteiger partial charge in [0, 0.05) is 12.8 Å². The molecule has 1 radical (unpaired) electrons. The Morgan fingerprint density at radius 3 is 2.27 bits per heavy atom. The Kier molecular flexibility index (Phi) is 5.43. The highest BCUT2D eigenvalue weighted by atomic mass is 19.3. The first-order chi connectivity index (χ1) is 5.12. The van der Waals surface area contributed by atoms with E-state index in [4.69, 9.17) is 0 Å². The lowest BCUT2D eigenvalue weighted by molar-refractivity contribution is -0.0136. The topological polar surface area (TPSA) is 0 Å². The van der Waals surface area contributed by atoms with Crippen LogP contribution in [0.3, 0.4) is 0 Å². The molecule has 0 saturated carbocycles. The number of alkyl halides is 2. The predicted molar refractivity (Wildman–Crippen MR) is 43.7 cm³/mol. The smallest absolute Gasteiger partial charge is 0.207 e. The van der Waals surface area contributed by atoms with Crippen LogP contribution in [0.2, 0.25) is 0 Å². The molecule has 0 unspecified atom stereocenters. The zero-order valence-electron chi connectivity index (χ0n) is 7.21. The fourth-order valence-corrected chi connectivity index (χ4v) is 0.914. The molecule has 0 fully saturated rings. The Balaban J connectivity index is 3.23. The molecule has 0 aliphatic carbocycles. The second-order valence-electron chi connectivity index (χ2n) is 2.87. The Morgan fingerprint density at radius 2 is 1.82 bits per heavy atom. The van der Waals surface area contributed by atoms with E-state index in [1.807, 2.05) is 0 Å². The molecule has 67 valence electrons. The first-order valence-electron chi connectivity index (χ1n) is 4.29. The van der Waals surface area contributed by atoms with Gasteiger partial charge in [0.05, 0.1) is 0 Å². The van der Waals surface area contributed by atoms with Crippen molar-refractivity contribution in [2.75, 3.05) is 0 Å². The van der Waals surface area contributed by atoms with E-state index in [0.29, 0.717) is 6.42 Å². The highest BCUT2D eigenvalue weighted by molar-refractivity contribution is 4.63. The summed E-state index contributed by atoms with van der Waals surface area (Å²) in [7, 11) is 0. The Labute approximate surface area is 68.0 Å². The summed E-state index contributed by atoms with van der Waals surface area (Å²) in [4.78, 5) is 0. The lowest BCUT2D eigenvalue weighted by Gasteiger charge is -2.12. The fourth-order valence-electron chi connectivity index (χ4n) is 0.914. The molecular formula is C9H17F2. The molecule has 0 heterocycles. The van der Waals surface area contributed by atoms with E-state index in [1.165, 1.54) is 6.92 Å². The largest absolute Gasteiger partial charge is 0.247 e. The summed E-state index contributed by atoms with van der Waals surface area (Å²) >= 11 is 0. The van der Waals surface area contributed by atoms with Gasteiger partial charge in [-0.2, -0.15) is 0 Å². The number of hydrogen-bond acceptors (Lipinski definition) is 0. The van der Waals surface area contributed by atoms with E-state index < -0.39 is 5.92 Å². The standard InChI is InChI=1S/C9H17F2/c1-3-5-6-7-8-9(10,11)4-2/h1,3-8H2,2H3. The van der Waals surface area contributed by atoms with Crippen molar-refractivity contribution in [3.63, 3.8) is 0 Å². The van der Waals surface area contributed by atoms with Crippen LogP contribution >= 0.6 is 0 Å². The second-order valence-corrected chi connectivity index (χ2v) is 2.87. The van der Waals surface area contributed by atoms with Gasteiger partial charge < -0.3 is 0 Å². The normalized spacial score (nSPS) is 12.0. The molecule has 0 rings (SSSR count). The van der Waals surface area contributed by atoms with Crippen LogP contribution in [0.5, 0.6) is 0 Å². The molecule has 0 aliphatic heterocycles. The first-order valence-corrected chi connectivity index (χ1v) is 4.29. The number of hydrogen-bond donors (Lipinski definition) is 0. The van der Waals surface area contributed by atoms with Crippen molar-refractivity contribution in [1.82, 2.24) is 0 Å². The van der Waals surface area contributed by atoms with Gasteiger partial charge in [0.1, 0.15) is 0 Å². The van der Waals surface area contributed by atoms with Gasteiger partial charge in [0.2, 0.25) is 5.92 Å². The minimum Gasteiger partial charge on any atom is -0.207 e. The minimum absolute atomic E-state index is 0.0304.